The monoisotopic (exact) mass is 238 g/mol. The Morgan fingerprint density at radius 3 is 2.33 bits per heavy atom. The van der Waals surface area contributed by atoms with Crippen molar-refractivity contribution in [1.82, 2.24) is 0 Å². The van der Waals surface area contributed by atoms with Crippen LogP contribution in [-0.2, 0) is 9.09 Å². The summed E-state index contributed by atoms with van der Waals surface area (Å²) in [5.74, 6) is 0. The number of rotatable bonds is 9. The minimum atomic E-state index is -3.80. The lowest BCUT2D eigenvalue weighted by Gasteiger charge is -2.17. The van der Waals surface area contributed by atoms with Crippen LogP contribution in [0.25, 0.3) is 0 Å². The summed E-state index contributed by atoms with van der Waals surface area (Å²) >= 11 is 0. The summed E-state index contributed by atoms with van der Waals surface area (Å²) in [5.41, 5.74) is 0. The normalized spacial score (nSPS) is 17.3. The van der Waals surface area contributed by atoms with Gasteiger partial charge >= 0.3 is 7.68 Å². The van der Waals surface area contributed by atoms with E-state index < -0.39 is 7.68 Å². The third-order valence-corrected chi connectivity index (χ3v) is 3.89. The molecular formula is C11H24FO2P. The van der Waals surface area contributed by atoms with E-state index >= 15 is 0 Å². The van der Waals surface area contributed by atoms with Crippen molar-refractivity contribution < 1.29 is 13.3 Å². The number of hydrogen-bond acceptors (Lipinski definition) is 2. The fourth-order valence-corrected chi connectivity index (χ4v) is 2.28. The Morgan fingerprint density at radius 2 is 1.87 bits per heavy atom. The van der Waals surface area contributed by atoms with Crippen molar-refractivity contribution >= 4 is 7.68 Å². The highest BCUT2D eigenvalue weighted by molar-refractivity contribution is 7.53. The Bertz CT molecular complexity index is 197. The smallest absolute Gasteiger partial charge is 0.302 e. The van der Waals surface area contributed by atoms with Gasteiger partial charge in [0.1, 0.15) is 0 Å². The van der Waals surface area contributed by atoms with Crippen LogP contribution in [0.4, 0.5) is 4.20 Å². The molecule has 0 saturated heterocycles. The van der Waals surface area contributed by atoms with E-state index in [4.69, 9.17) is 4.52 Å². The minimum absolute atomic E-state index is 0.0154. The Morgan fingerprint density at radius 1 is 1.20 bits per heavy atom. The first kappa shape index (κ1) is 15.1. The van der Waals surface area contributed by atoms with E-state index in [0.717, 1.165) is 25.7 Å². The summed E-state index contributed by atoms with van der Waals surface area (Å²) in [7, 11) is -3.80. The zero-order valence-electron chi connectivity index (χ0n) is 10.2. The predicted molar refractivity (Wildman–Crippen MR) is 63.2 cm³/mol. The molecule has 0 spiro atoms. The van der Waals surface area contributed by atoms with E-state index in [1.807, 2.05) is 6.92 Å². The molecule has 0 bridgehead atoms. The SMILES string of the molecule is CCCCCCC(CC)OP(=O)(F)CC. The van der Waals surface area contributed by atoms with Crippen LogP contribution in [-0.4, -0.2) is 12.3 Å². The van der Waals surface area contributed by atoms with E-state index in [1.165, 1.54) is 12.8 Å². The molecule has 0 rings (SSSR count). The molecule has 2 atom stereocenters. The number of unbranched alkanes of at least 4 members (excludes halogenated alkanes) is 3. The van der Waals surface area contributed by atoms with Crippen molar-refractivity contribution in [2.75, 3.05) is 6.16 Å². The summed E-state index contributed by atoms with van der Waals surface area (Å²) in [6.45, 7) is 5.66. The highest BCUT2D eigenvalue weighted by Gasteiger charge is 2.23. The van der Waals surface area contributed by atoms with Crippen LogP contribution < -0.4 is 0 Å². The van der Waals surface area contributed by atoms with Crippen molar-refractivity contribution in [3.05, 3.63) is 0 Å². The lowest BCUT2D eigenvalue weighted by atomic mass is 10.1. The molecule has 0 saturated carbocycles. The van der Waals surface area contributed by atoms with Gasteiger partial charge in [-0.05, 0) is 12.8 Å². The van der Waals surface area contributed by atoms with Gasteiger partial charge in [-0.15, -0.1) is 0 Å². The molecule has 15 heavy (non-hydrogen) atoms. The Kier molecular flexibility index (Phi) is 8.36. The first-order valence-corrected chi connectivity index (χ1v) is 7.72. The molecule has 0 amide bonds. The fourth-order valence-electron chi connectivity index (χ4n) is 1.43. The molecule has 4 heteroatoms. The van der Waals surface area contributed by atoms with Crippen molar-refractivity contribution in [2.24, 2.45) is 0 Å². The summed E-state index contributed by atoms with van der Waals surface area (Å²) in [6, 6.07) is 0. The third kappa shape index (κ3) is 7.98. The Hall–Kier alpha value is 0.120. The Labute approximate surface area is 93.2 Å². The van der Waals surface area contributed by atoms with E-state index in [0.29, 0.717) is 0 Å². The summed E-state index contributed by atoms with van der Waals surface area (Å²) in [4.78, 5) is 0. The van der Waals surface area contributed by atoms with Gasteiger partial charge in [-0.3, -0.25) is 4.57 Å². The van der Waals surface area contributed by atoms with Gasteiger partial charge in [-0.25, -0.2) is 0 Å². The van der Waals surface area contributed by atoms with Gasteiger partial charge in [-0.1, -0.05) is 46.5 Å². The fraction of sp³-hybridized carbons (Fsp3) is 1.00. The van der Waals surface area contributed by atoms with E-state index in [9.17, 15) is 8.76 Å². The van der Waals surface area contributed by atoms with Crippen LogP contribution in [0.3, 0.4) is 0 Å². The largest absolute Gasteiger partial charge is 0.367 e. The second-order valence-corrected chi connectivity index (χ2v) is 5.92. The molecule has 0 heterocycles. The standard InChI is InChI=1S/C11H24FO2P/c1-4-7-8-9-10-11(5-2)14-15(12,13)6-3/h11H,4-10H2,1-3H3. The molecule has 0 aromatic heterocycles. The topological polar surface area (TPSA) is 26.3 Å². The first-order chi connectivity index (χ1) is 7.05. The summed E-state index contributed by atoms with van der Waals surface area (Å²) < 4.78 is 29.3. The van der Waals surface area contributed by atoms with Crippen molar-refractivity contribution in [3.8, 4) is 0 Å². The van der Waals surface area contributed by atoms with Crippen LogP contribution in [0.5, 0.6) is 0 Å². The highest BCUT2D eigenvalue weighted by Crippen LogP contribution is 2.50. The van der Waals surface area contributed by atoms with Gasteiger partial charge in [0.25, 0.3) is 0 Å². The predicted octanol–water partition coefficient (Wildman–Crippen LogP) is 4.93. The number of halogens is 1. The molecule has 0 radical (unpaired) electrons. The van der Waals surface area contributed by atoms with Gasteiger partial charge in [0.05, 0.1) is 12.3 Å². The van der Waals surface area contributed by atoms with Gasteiger partial charge in [0.2, 0.25) is 0 Å². The molecule has 0 aliphatic rings. The Balaban J connectivity index is 3.78. The molecule has 0 aliphatic carbocycles. The molecule has 0 fully saturated rings. The summed E-state index contributed by atoms with van der Waals surface area (Å²) in [6.07, 6.45) is 5.96. The van der Waals surface area contributed by atoms with Crippen LogP contribution in [0.15, 0.2) is 0 Å². The van der Waals surface area contributed by atoms with E-state index in [-0.39, 0.29) is 12.3 Å². The summed E-state index contributed by atoms with van der Waals surface area (Å²) in [5, 5.41) is 0. The minimum Gasteiger partial charge on any atom is -0.302 e. The molecule has 2 nitrogen and oxygen atoms in total. The van der Waals surface area contributed by atoms with Crippen LogP contribution >= 0.6 is 7.68 Å². The molecule has 0 aromatic rings. The van der Waals surface area contributed by atoms with Crippen molar-refractivity contribution in [2.45, 2.75) is 65.4 Å². The number of hydrogen-bond donors (Lipinski definition) is 0. The maximum atomic E-state index is 13.2. The average molecular weight is 238 g/mol. The van der Waals surface area contributed by atoms with E-state index in [2.05, 4.69) is 6.92 Å². The molecule has 2 unspecified atom stereocenters. The molecular weight excluding hydrogens is 214 g/mol. The van der Waals surface area contributed by atoms with Crippen LogP contribution in [0.2, 0.25) is 0 Å². The van der Waals surface area contributed by atoms with Gasteiger partial charge in [0.15, 0.2) is 0 Å². The zero-order chi connectivity index (χ0) is 11.7. The second-order valence-electron chi connectivity index (χ2n) is 3.89. The third-order valence-electron chi connectivity index (χ3n) is 2.52. The molecule has 0 N–H and O–H groups in total. The average Bonchev–Trinajstić information content (AvgIpc) is 2.22. The van der Waals surface area contributed by atoms with Gasteiger partial charge in [0, 0.05) is 0 Å². The second kappa shape index (κ2) is 8.29. The van der Waals surface area contributed by atoms with Crippen molar-refractivity contribution in [3.63, 3.8) is 0 Å². The maximum Gasteiger partial charge on any atom is 0.367 e. The van der Waals surface area contributed by atoms with Gasteiger partial charge < -0.3 is 4.52 Å². The molecule has 0 aromatic carbocycles. The lowest BCUT2D eigenvalue weighted by molar-refractivity contribution is 0.171. The lowest BCUT2D eigenvalue weighted by Crippen LogP contribution is -2.09. The van der Waals surface area contributed by atoms with E-state index in [1.54, 1.807) is 6.92 Å². The maximum absolute atomic E-state index is 13.2. The van der Waals surface area contributed by atoms with Crippen LogP contribution in [0, 0.1) is 0 Å². The molecule has 0 aliphatic heterocycles. The van der Waals surface area contributed by atoms with Crippen LogP contribution in [0.1, 0.15) is 59.3 Å². The quantitative estimate of drug-likeness (QED) is 0.420. The van der Waals surface area contributed by atoms with Crippen molar-refractivity contribution in [1.29, 1.82) is 0 Å². The molecule has 92 valence electrons. The first-order valence-electron chi connectivity index (χ1n) is 6.02. The zero-order valence-corrected chi connectivity index (χ0v) is 11.1. The highest BCUT2D eigenvalue weighted by atomic mass is 31.2. The van der Waals surface area contributed by atoms with Gasteiger partial charge in [-0.2, -0.15) is 4.20 Å².